The normalized spacial score (nSPS) is 16.4. The number of para-hydroxylation sites is 1. The molecule has 1 aliphatic heterocycles. The Hall–Kier alpha value is -1.51. The number of piperazine rings is 1. The van der Waals surface area contributed by atoms with Gasteiger partial charge in [0, 0.05) is 37.3 Å². The molecular formula is C17H26N2O. The van der Waals surface area contributed by atoms with E-state index in [-0.39, 0.29) is 11.3 Å². The van der Waals surface area contributed by atoms with Gasteiger partial charge in [0.25, 0.3) is 0 Å². The third kappa shape index (κ3) is 2.97. The van der Waals surface area contributed by atoms with Crippen molar-refractivity contribution in [2.24, 2.45) is 5.41 Å². The van der Waals surface area contributed by atoms with Crippen molar-refractivity contribution in [1.82, 2.24) is 4.90 Å². The predicted octanol–water partition coefficient (Wildman–Crippen LogP) is 3.00. The van der Waals surface area contributed by atoms with Crippen LogP contribution in [0.25, 0.3) is 0 Å². The van der Waals surface area contributed by atoms with Crippen LogP contribution in [0, 0.1) is 19.3 Å². The van der Waals surface area contributed by atoms with Gasteiger partial charge >= 0.3 is 0 Å². The van der Waals surface area contributed by atoms with Crippen LogP contribution in [0.1, 0.15) is 31.9 Å². The summed E-state index contributed by atoms with van der Waals surface area (Å²) < 4.78 is 0. The Labute approximate surface area is 122 Å². The van der Waals surface area contributed by atoms with E-state index in [1.54, 1.807) is 0 Å². The van der Waals surface area contributed by atoms with Crippen LogP contribution in [0.3, 0.4) is 0 Å². The summed E-state index contributed by atoms with van der Waals surface area (Å²) in [4.78, 5) is 16.7. The smallest absolute Gasteiger partial charge is 0.228 e. The lowest BCUT2D eigenvalue weighted by Crippen LogP contribution is -2.52. The molecule has 3 heteroatoms. The second-order valence-electron chi connectivity index (χ2n) is 6.77. The highest BCUT2D eigenvalue weighted by Crippen LogP contribution is 2.26. The number of nitrogens with zero attached hydrogens (tertiary/aromatic N) is 2. The summed E-state index contributed by atoms with van der Waals surface area (Å²) in [6, 6.07) is 6.43. The number of anilines is 1. The van der Waals surface area contributed by atoms with Crippen LogP contribution in [0.4, 0.5) is 5.69 Å². The number of benzene rings is 1. The monoisotopic (exact) mass is 274 g/mol. The molecule has 0 N–H and O–H groups in total. The number of carbonyl (C=O) groups is 1. The number of carbonyl (C=O) groups excluding carboxylic acids is 1. The SMILES string of the molecule is Cc1cccc(C)c1N1CCN(C(=O)C(C)(C)C)CC1. The Morgan fingerprint density at radius 2 is 1.50 bits per heavy atom. The third-order valence-electron chi connectivity index (χ3n) is 3.96. The first-order valence-corrected chi connectivity index (χ1v) is 7.41. The number of amides is 1. The number of aryl methyl sites for hydroxylation is 2. The van der Waals surface area contributed by atoms with Crippen LogP contribution in [0.2, 0.25) is 0 Å². The van der Waals surface area contributed by atoms with Crippen LogP contribution in [-0.4, -0.2) is 37.0 Å². The van der Waals surface area contributed by atoms with Crippen LogP contribution in [0.5, 0.6) is 0 Å². The van der Waals surface area contributed by atoms with E-state index in [4.69, 9.17) is 0 Å². The van der Waals surface area contributed by atoms with Gasteiger partial charge in [0.1, 0.15) is 0 Å². The van der Waals surface area contributed by atoms with Gasteiger partial charge in [-0.05, 0) is 25.0 Å². The van der Waals surface area contributed by atoms with Gasteiger partial charge < -0.3 is 9.80 Å². The fourth-order valence-corrected chi connectivity index (χ4v) is 2.91. The molecule has 0 aromatic heterocycles. The van der Waals surface area contributed by atoms with Gasteiger partial charge in [-0.2, -0.15) is 0 Å². The van der Waals surface area contributed by atoms with E-state index in [1.165, 1.54) is 16.8 Å². The van der Waals surface area contributed by atoms with Crippen molar-refractivity contribution in [2.45, 2.75) is 34.6 Å². The minimum Gasteiger partial charge on any atom is -0.368 e. The maximum absolute atomic E-state index is 12.3. The summed E-state index contributed by atoms with van der Waals surface area (Å²) >= 11 is 0. The molecule has 0 atom stereocenters. The van der Waals surface area contributed by atoms with Crippen LogP contribution in [-0.2, 0) is 4.79 Å². The lowest BCUT2D eigenvalue weighted by atomic mass is 9.94. The van der Waals surface area contributed by atoms with E-state index in [0.717, 1.165) is 26.2 Å². The van der Waals surface area contributed by atoms with E-state index in [1.807, 2.05) is 25.7 Å². The Morgan fingerprint density at radius 1 is 1.00 bits per heavy atom. The van der Waals surface area contributed by atoms with Crippen LogP contribution in [0.15, 0.2) is 18.2 Å². The second-order valence-corrected chi connectivity index (χ2v) is 6.77. The molecule has 1 amide bonds. The van der Waals surface area contributed by atoms with E-state index in [0.29, 0.717) is 0 Å². The molecule has 0 unspecified atom stereocenters. The molecule has 1 heterocycles. The van der Waals surface area contributed by atoms with Gasteiger partial charge in [-0.3, -0.25) is 4.79 Å². The number of rotatable bonds is 1. The van der Waals surface area contributed by atoms with Crippen molar-refractivity contribution >= 4 is 11.6 Å². The van der Waals surface area contributed by atoms with Gasteiger partial charge in [0.2, 0.25) is 5.91 Å². The number of hydrogen-bond acceptors (Lipinski definition) is 2. The van der Waals surface area contributed by atoms with E-state index >= 15 is 0 Å². The van der Waals surface area contributed by atoms with Gasteiger partial charge in [-0.15, -0.1) is 0 Å². The van der Waals surface area contributed by atoms with Gasteiger partial charge in [-0.1, -0.05) is 39.0 Å². The highest BCUT2D eigenvalue weighted by atomic mass is 16.2. The standard InChI is InChI=1S/C17H26N2O/c1-13-7-6-8-14(2)15(13)18-9-11-19(12-10-18)16(20)17(3,4)5/h6-8H,9-12H2,1-5H3. The molecule has 0 bridgehead atoms. The van der Waals surface area contributed by atoms with Crippen molar-refractivity contribution in [3.05, 3.63) is 29.3 Å². The predicted molar refractivity (Wildman–Crippen MR) is 84.2 cm³/mol. The first kappa shape index (κ1) is 14.9. The first-order chi connectivity index (χ1) is 9.30. The van der Waals surface area contributed by atoms with Crippen molar-refractivity contribution < 1.29 is 4.79 Å². The maximum Gasteiger partial charge on any atom is 0.228 e. The van der Waals surface area contributed by atoms with Crippen molar-refractivity contribution in [2.75, 3.05) is 31.1 Å². The molecule has 0 radical (unpaired) electrons. The Kier molecular flexibility index (Phi) is 4.07. The number of hydrogen-bond donors (Lipinski definition) is 0. The largest absolute Gasteiger partial charge is 0.368 e. The fourth-order valence-electron chi connectivity index (χ4n) is 2.91. The third-order valence-corrected chi connectivity index (χ3v) is 3.96. The van der Waals surface area contributed by atoms with Crippen molar-refractivity contribution in [1.29, 1.82) is 0 Å². The highest BCUT2D eigenvalue weighted by molar-refractivity contribution is 5.81. The molecule has 110 valence electrons. The molecule has 3 nitrogen and oxygen atoms in total. The van der Waals surface area contributed by atoms with Crippen LogP contribution < -0.4 is 4.90 Å². The zero-order valence-corrected chi connectivity index (χ0v) is 13.4. The lowest BCUT2D eigenvalue weighted by molar-refractivity contribution is -0.139. The molecule has 1 aromatic rings. The second kappa shape index (κ2) is 5.47. The lowest BCUT2D eigenvalue weighted by Gasteiger charge is -2.39. The molecule has 0 saturated carbocycles. The zero-order valence-electron chi connectivity index (χ0n) is 13.4. The molecule has 0 spiro atoms. The van der Waals surface area contributed by atoms with Gasteiger partial charge in [0.15, 0.2) is 0 Å². The minimum absolute atomic E-state index is 0.263. The summed E-state index contributed by atoms with van der Waals surface area (Å²) in [6.07, 6.45) is 0. The van der Waals surface area contributed by atoms with E-state index in [9.17, 15) is 4.79 Å². The summed E-state index contributed by atoms with van der Waals surface area (Å²) in [5.41, 5.74) is 3.71. The summed E-state index contributed by atoms with van der Waals surface area (Å²) in [6.45, 7) is 13.8. The Morgan fingerprint density at radius 3 is 1.95 bits per heavy atom. The van der Waals surface area contributed by atoms with E-state index in [2.05, 4.69) is 36.9 Å². The summed E-state index contributed by atoms with van der Waals surface area (Å²) in [5.74, 6) is 0.263. The highest BCUT2D eigenvalue weighted by Gasteiger charge is 2.30. The molecule has 2 rings (SSSR count). The fraction of sp³-hybridized carbons (Fsp3) is 0.588. The Bertz CT molecular complexity index is 474. The zero-order chi connectivity index (χ0) is 14.9. The Balaban J connectivity index is 2.07. The molecule has 0 aliphatic carbocycles. The average molecular weight is 274 g/mol. The van der Waals surface area contributed by atoms with E-state index < -0.39 is 0 Å². The molecule has 20 heavy (non-hydrogen) atoms. The summed E-state index contributed by atoms with van der Waals surface area (Å²) in [5, 5.41) is 0. The molecule has 1 aliphatic rings. The molecule has 1 aromatic carbocycles. The minimum atomic E-state index is -0.277. The van der Waals surface area contributed by atoms with Crippen LogP contribution >= 0.6 is 0 Å². The van der Waals surface area contributed by atoms with Gasteiger partial charge in [-0.25, -0.2) is 0 Å². The molecule has 1 fully saturated rings. The van der Waals surface area contributed by atoms with Crippen molar-refractivity contribution in [3.8, 4) is 0 Å². The summed E-state index contributed by atoms with van der Waals surface area (Å²) in [7, 11) is 0. The average Bonchev–Trinajstić information content (AvgIpc) is 2.37. The topological polar surface area (TPSA) is 23.6 Å². The molecule has 1 saturated heterocycles. The van der Waals surface area contributed by atoms with Crippen molar-refractivity contribution in [3.63, 3.8) is 0 Å². The quantitative estimate of drug-likeness (QED) is 0.786. The molecular weight excluding hydrogens is 248 g/mol. The maximum atomic E-state index is 12.3. The first-order valence-electron chi connectivity index (χ1n) is 7.41. The van der Waals surface area contributed by atoms with Gasteiger partial charge in [0.05, 0.1) is 0 Å².